The quantitative estimate of drug-likeness (QED) is 0.487. The fraction of sp³-hybridized carbons (Fsp3) is 0.211. The lowest BCUT2D eigenvalue weighted by atomic mass is 10.1. The van der Waals surface area contributed by atoms with E-state index in [0.717, 1.165) is 27.1 Å². The highest BCUT2D eigenvalue weighted by molar-refractivity contribution is 7.19. The van der Waals surface area contributed by atoms with Gasteiger partial charge in [0.05, 0.1) is 6.54 Å². The minimum absolute atomic E-state index is 0.235. The Balaban J connectivity index is 1.65. The summed E-state index contributed by atoms with van der Waals surface area (Å²) in [5, 5.41) is 14.6. The molecule has 124 valence electrons. The van der Waals surface area contributed by atoms with Gasteiger partial charge >= 0.3 is 0 Å². The molecule has 24 heavy (non-hydrogen) atoms. The molecule has 3 rings (SSSR count). The van der Waals surface area contributed by atoms with Gasteiger partial charge in [-0.15, -0.1) is 11.3 Å². The smallest absolute Gasteiger partial charge is 0.193 e. The van der Waals surface area contributed by atoms with Gasteiger partial charge in [0.25, 0.3) is 0 Å². The number of aliphatic hydroxyl groups is 1. The number of aliphatic hydroxyl groups excluding tert-OH is 1. The van der Waals surface area contributed by atoms with Gasteiger partial charge in [0.15, 0.2) is 5.96 Å². The van der Waals surface area contributed by atoms with E-state index in [1.807, 2.05) is 42.5 Å². The highest BCUT2D eigenvalue weighted by atomic mass is 32.1. The minimum atomic E-state index is -0.648. The maximum Gasteiger partial charge on any atom is 0.193 e. The average Bonchev–Trinajstić information content (AvgIpc) is 3.04. The topological polar surface area (TPSA) is 70.6 Å². The van der Waals surface area contributed by atoms with Crippen LogP contribution < -0.4 is 11.1 Å². The molecule has 5 heteroatoms. The Labute approximate surface area is 145 Å². The molecular weight excluding hydrogens is 318 g/mol. The van der Waals surface area contributed by atoms with E-state index in [1.165, 1.54) is 5.56 Å². The Kier molecular flexibility index (Phi) is 5.13. The Morgan fingerprint density at radius 3 is 2.83 bits per heavy atom. The highest BCUT2D eigenvalue weighted by Crippen LogP contribution is 2.29. The van der Waals surface area contributed by atoms with Gasteiger partial charge in [-0.2, -0.15) is 0 Å². The molecule has 0 fully saturated rings. The molecule has 1 atom stereocenters. The molecule has 0 aliphatic carbocycles. The molecule has 0 saturated carbocycles. The minimum Gasteiger partial charge on any atom is -0.386 e. The van der Waals surface area contributed by atoms with E-state index >= 15 is 0 Å². The number of nitrogens with zero attached hydrogens (tertiary/aromatic N) is 1. The van der Waals surface area contributed by atoms with Crippen LogP contribution in [0, 0.1) is 0 Å². The second kappa shape index (κ2) is 7.47. The summed E-state index contributed by atoms with van der Waals surface area (Å²) in [4.78, 5) is 5.16. The monoisotopic (exact) mass is 339 g/mol. The third-order valence-electron chi connectivity index (χ3n) is 3.82. The summed E-state index contributed by atoms with van der Waals surface area (Å²) in [6, 6.07) is 18.2. The van der Waals surface area contributed by atoms with Gasteiger partial charge in [0.2, 0.25) is 0 Å². The van der Waals surface area contributed by atoms with Gasteiger partial charge in [-0.25, -0.2) is 0 Å². The van der Waals surface area contributed by atoms with Crippen molar-refractivity contribution in [3.63, 3.8) is 0 Å². The summed E-state index contributed by atoms with van der Waals surface area (Å²) in [6.45, 7) is 2.34. The van der Waals surface area contributed by atoms with E-state index in [0.29, 0.717) is 5.96 Å². The van der Waals surface area contributed by atoms with Gasteiger partial charge in [-0.3, -0.25) is 4.99 Å². The van der Waals surface area contributed by atoms with Crippen LogP contribution in [-0.2, 0) is 6.42 Å². The summed E-state index contributed by atoms with van der Waals surface area (Å²) >= 11 is 1.59. The number of hydrogen-bond donors (Lipinski definition) is 3. The van der Waals surface area contributed by atoms with Gasteiger partial charge in [0, 0.05) is 15.3 Å². The normalized spacial score (nSPS) is 13.2. The van der Waals surface area contributed by atoms with E-state index in [1.54, 1.807) is 11.3 Å². The van der Waals surface area contributed by atoms with Crippen LogP contribution in [0.1, 0.15) is 23.5 Å². The van der Waals surface area contributed by atoms with Crippen molar-refractivity contribution < 1.29 is 5.11 Å². The van der Waals surface area contributed by atoms with Crippen LogP contribution in [0.25, 0.3) is 10.1 Å². The first kappa shape index (κ1) is 16.5. The SMILES string of the molecule is CCc1cccc(NC(N)=NCC(O)c2cc3ccccc3s2)c1. The van der Waals surface area contributed by atoms with Gasteiger partial charge in [-0.1, -0.05) is 37.3 Å². The molecule has 2 aromatic carbocycles. The van der Waals surface area contributed by atoms with E-state index in [-0.39, 0.29) is 6.54 Å². The van der Waals surface area contributed by atoms with Crippen molar-refractivity contribution in [2.24, 2.45) is 10.7 Å². The third kappa shape index (κ3) is 3.93. The maximum absolute atomic E-state index is 10.3. The van der Waals surface area contributed by atoms with Crippen molar-refractivity contribution in [1.82, 2.24) is 0 Å². The molecule has 0 bridgehead atoms. The van der Waals surface area contributed by atoms with Crippen LogP contribution in [0.15, 0.2) is 59.6 Å². The molecule has 3 aromatic rings. The largest absolute Gasteiger partial charge is 0.386 e. The maximum atomic E-state index is 10.3. The molecule has 0 aliphatic rings. The molecule has 1 aromatic heterocycles. The second-order valence-electron chi connectivity index (χ2n) is 5.61. The van der Waals surface area contributed by atoms with Crippen molar-refractivity contribution >= 4 is 33.1 Å². The van der Waals surface area contributed by atoms with Crippen LogP contribution in [0.5, 0.6) is 0 Å². The zero-order valence-electron chi connectivity index (χ0n) is 13.6. The van der Waals surface area contributed by atoms with Gasteiger partial charge in [-0.05, 0) is 41.6 Å². The number of nitrogens with two attached hydrogens (primary N) is 1. The summed E-state index contributed by atoms with van der Waals surface area (Å²) in [7, 11) is 0. The molecule has 4 nitrogen and oxygen atoms in total. The van der Waals surface area contributed by atoms with Gasteiger partial charge in [0.1, 0.15) is 6.10 Å². The molecule has 1 heterocycles. The summed E-state index contributed by atoms with van der Waals surface area (Å²) in [5.74, 6) is 0.309. The summed E-state index contributed by atoms with van der Waals surface area (Å²) in [6.07, 6.45) is 0.321. The number of hydrogen-bond acceptors (Lipinski definition) is 3. The number of benzene rings is 2. The first-order valence-corrected chi connectivity index (χ1v) is 8.80. The van der Waals surface area contributed by atoms with Crippen molar-refractivity contribution in [2.75, 3.05) is 11.9 Å². The van der Waals surface area contributed by atoms with Crippen LogP contribution in [0.2, 0.25) is 0 Å². The Morgan fingerprint density at radius 2 is 2.04 bits per heavy atom. The molecule has 1 unspecified atom stereocenters. The van der Waals surface area contributed by atoms with Crippen molar-refractivity contribution in [3.05, 3.63) is 65.0 Å². The lowest BCUT2D eigenvalue weighted by molar-refractivity contribution is 0.191. The number of aliphatic imine (C=N–C) groups is 1. The molecule has 4 N–H and O–H groups in total. The molecule has 0 amide bonds. The van der Waals surface area contributed by atoms with Crippen molar-refractivity contribution in [2.45, 2.75) is 19.4 Å². The first-order valence-electron chi connectivity index (χ1n) is 7.98. The van der Waals surface area contributed by atoms with E-state index in [2.05, 4.69) is 29.4 Å². The molecule has 0 spiro atoms. The molecule has 0 radical (unpaired) electrons. The van der Waals surface area contributed by atoms with Crippen LogP contribution in [0.4, 0.5) is 5.69 Å². The average molecular weight is 339 g/mol. The van der Waals surface area contributed by atoms with E-state index in [4.69, 9.17) is 5.73 Å². The summed E-state index contributed by atoms with van der Waals surface area (Å²) in [5.41, 5.74) is 8.07. The molecule has 0 aliphatic heterocycles. The van der Waals surface area contributed by atoms with Crippen LogP contribution in [0.3, 0.4) is 0 Å². The standard InChI is InChI=1S/C19H21N3OS/c1-2-13-6-5-8-15(10-13)22-19(20)21-12-16(23)18-11-14-7-3-4-9-17(14)24-18/h3-11,16,23H,2,12H2,1H3,(H3,20,21,22). The van der Waals surface area contributed by atoms with Crippen LogP contribution in [-0.4, -0.2) is 17.6 Å². The zero-order valence-corrected chi connectivity index (χ0v) is 14.4. The Hall–Kier alpha value is -2.37. The summed E-state index contributed by atoms with van der Waals surface area (Å²) < 4.78 is 1.16. The van der Waals surface area contributed by atoms with E-state index < -0.39 is 6.10 Å². The number of rotatable bonds is 5. The number of thiophene rings is 1. The van der Waals surface area contributed by atoms with E-state index in [9.17, 15) is 5.11 Å². The molecular formula is C19H21N3OS. The predicted octanol–water partition coefficient (Wildman–Crippen LogP) is 3.92. The number of anilines is 1. The third-order valence-corrected chi connectivity index (χ3v) is 5.03. The highest BCUT2D eigenvalue weighted by Gasteiger charge is 2.11. The Morgan fingerprint density at radius 1 is 1.21 bits per heavy atom. The number of aryl methyl sites for hydroxylation is 1. The number of nitrogens with one attached hydrogen (secondary N) is 1. The Bertz CT molecular complexity index is 823. The first-order chi connectivity index (χ1) is 11.7. The van der Waals surface area contributed by atoms with Crippen molar-refractivity contribution in [3.8, 4) is 0 Å². The fourth-order valence-corrected chi connectivity index (χ4v) is 3.54. The molecule has 0 saturated heterocycles. The van der Waals surface area contributed by atoms with Gasteiger partial charge < -0.3 is 16.2 Å². The van der Waals surface area contributed by atoms with Crippen molar-refractivity contribution in [1.29, 1.82) is 0 Å². The number of guanidine groups is 1. The predicted molar refractivity (Wildman–Crippen MR) is 103 cm³/mol. The lowest BCUT2D eigenvalue weighted by Crippen LogP contribution is -2.23. The van der Waals surface area contributed by atoms with Crippen LogP contribution >= 0.6 is 11.3 Å². The number of fused-ring (bicyclic) bond motifs is 1. The second-order valence-corrected chi connectivity index (χ2v) is 6.72. The zero-order chi connectivity index (χ0) is 16.9. The fourth-order valence-electron chi connectivity index (χ4n) is 2.50. The lowest BCUT2D eigenvalue weighted by Gasteiger charge is -2.09.